The van der Waals surface area contributed by atoms with Crippen LogP contribution in [0, 0.1) is 6.92 Å². The van der Waals surface area contributed by atoms with E-state index < -0.39 is 0 Å². The first-order valence-corrected chi connectivity index (χ1v) is 6.99. The van der Waals surface area contributed by atoms with Gasteiger partial charge in [0, 0.05) is 12.2 Å². The molecule has 1 amide bonds. The lowest BCUT2D eigenvalue weighted by atomic mass is 10.1. The number of nitrogen functional groups attached to an aromatic ring is 1. The van der Waals surface area contributed by atoms with Crippen LogP contribution < -0.4 is 15.8 Å². The highest BCUT2D eigenvalue weighted by molar-refractivity contribution is 5.99. The molecule has 110 valence electrons. The van der Waals surface area contributed by atoms with Gasteiger partial charge in [0.05, 0.1) is 12.2 Å². The molecule has 0 heterocycles. The van der Waals surface area contributed by atoms with E-state index in [9.17, 15) is 4.79 Å². The molecule has 0 bridgehead atoms. The number of hydrogen-bond donors (Lipinski definition) is 2. The lowest BCUT2D eigenvalue weighted by molar-refractivity contribution is 0.0952. The Kier molecular flexibility index (Phi) is 5.21. The standard InChI is InChI=1S/C17H20N2O2/c1-13-7-5-10-15(16(13)18)17(20)19-11-6-12-21-14-8-3-2-4-9-14/h2-5,7-10H,6,11-12,18H2,1H3,(H,19,20). The Labute approximate surface area is 124 Å². The first-order chi connectivity index (χ1) is 10.2. The van der Waals surface area contributed by atoms with Gasteiger partial charge in [-0.3, -0.25) is 4.79 Å². The number of benzene rings is 2. The summed E-state index contributed by atoms with van der Waals surface area (Å²) in [5.41, 5.74) is 7.88. The second-order valence-electron chi connectivity index (χ2n) is 4.81. The van der Waals surface area contributed by atoms with Gasteiger partial charge in [-0.15, -0.1) is 0 Å². The van der Waals surface area contributed by atoms with Gasteiger partial charge in [0.25, 0.3) is 5.91 Å². The molecule has 2 aromatic rings. The van der Waals surface area contributed by atoms with Gasteiger partial charge in [-0.1, -0.05) is 30.3 Å². The Bertz CT molecular complexity index is 597. The number of ether oxygens (including phenoxy) is 1. The van der Waals surface area contributed by atoms with Crippen LogP contribution in [0.25, 0.3) is 0 Å². The van der Waals surface area contributed by atoms with Gasteiger partial charge in [0.1, 0.15) is 5.75 Å². The fourth-order valence-corrected chi connectivity index (χ4v) is 1.95. The summed E-state index contributed by atoms with van der Waals surface area (Å²) in [5.74, 6) is 0.697. The molecule has 21 heavy (non-hydrogen) atoms. The van der Waals surface area contributed by atoms with Crippen molar-refractivity contribution in [1.82, 2.24) is 5.32 Å². The SMILES string of the molecule is Cc1cccc(C(=O)NCCCOc2ccccc2)c1N. The first kappa shape index (κ1) is 14.9. The van der Waals surface area contributed by atoms with E-state index in [0.29, 0.717) is 24.4 Å². The van der Waals surface area contributed by atoms with Crippen molar-refractivity contribution in [2.75, 3.05) is 18.9 Å². The van der Waals surface area contributed by atoms with E-state index in [0.717, 1.165) is 17.7 Å². The van der Waals surface area contributed by atoms with Crippen molar-refractivity contribution in [1.29, 1.82) is 0 Å². The zero-order chi connectivity index (χ0) is 15.1. The van der Waals surface area contributed by atoms with E-state index in [4.69, 9.17) is 10.5 Å². The number of hydrogen-bond acceptors (Lipinski definition) is 3. The highest BCUT2D eigenvalue weighted by Gasteiger charge is 2.09. The molecule has 0 aliphatic carbocycles. The molecule has 0 radical (unpaired) electrons. The average molecular weight is 284 g/mol. The zero-order valence-corrected chi connectivity index (χ0v) is 12.1. The zero-order valence-electron chi connectivity index (χ0n) is 12.1. The van der Waals surface area contributed by atoms with E-state index >= 15 is 0 Å². The maximum absolute atomic E-state index is 12.0. The van der Waals surface area contributed by atoms with E-state index in [2.05, 4.69) is 5.32 Å². The molecular formula is C17H20N2O2. The van der Waals surface area contributed by atoms with Crippen LogP contribution in [0.5, 0.6) is 5.75 Å². The summed E-state index contributed by atoms with van der Waals surface area (Å²) in [5, 5.41) is 2.85. The molecule has 0 atom stereocenters. The van der Waals surface area contributed by atoms with Gasteiger partial charge in [-0.2, -0.15) is 0 Å². The van der Waals surface area contributed by atoms with Crippen LogP contribution in [-0.4, -0.2) is 19.1 Å². The van der Waals surface area contributed by atoms with Gasteiger partial charge in [0.2, 0.25) is 0 Å². The molecule has 0 saturated heterocycles. The Morgan fingerprint density at radius 3 is 2.67 bits per heavy atom. The molecule has 0 aliphatic rings. The maximum atomic E-state index is 12.0. The molecule has 0 spiro atoms. The molecular weight excluding hydrogens is 264 g/mol. The summed E-state index contributed by atoms with van der Waals surface area (Å²) in [4.78, 5) is 12.0. The van der Waals surface area contributed by atoms with Gasteiger partial charge in [0.15, 0.2) is 0 Å². The van der Waals surface area contributed by atoms with E-state index in [-0.39, 0.29) is 5.91 Å². The number of nitrogens with two attached hydrogens (primary N) is 1. The minimum Gasteiger partial charge on any atom is -0.494 e. The summed E-state index contributed by atoms with van der Waals surface area (Å²) in [7, 11) is 0. The van der Waals surface area contributed by atoms with Crippen molar-refractivity contribution >= 4 is 11.6 Å². The van der Waals surface area contributed by atoms with Crippen LogP contribution in [0.3, 0.4) is 0 Å². The number of rotatable bonds is 6. The second kappa shape index (κ2) is 7.33. The highest BCUT2D eigenvalue weighted by atomic mass is 16.5. The predicted octanol–water partition coefficient (Wildman–Crippen LogP) is 2.78. The van der Waals surface area contributed by atoms with Gasteiger partial charge < -0.3 is 15.8 Å². The Morgan fingerprint density at radius 2 is 1.90 bits per heavy atom. The third-order valence-electron chi connectivity index (χ3n) is 3.19. The molecule has 3 N–H and O–H groups in total. The molecule has 2 aromatic carbocycles. The van der Waals surface area contributed by atoms with Crippen molar-refractivity contribution in [3.8, 4) is 5.75 Å². The van der Waals surface area contributed by atoms with Crippen LogP contribution in [0.4, 0.5) is 5.69 Å². The lowest BCUT2D eigenvalue weighted by Crippen LogP contribution is -2.26. The highest BCUT2D eigenvalue weighted by Crippen LogP contribution is 2.16. The quantitative estimate of drug-likeness (QED) is 0.633. The van der Waals surface area contributed by atoms with Crippen molar-refractivity contribution < 1.29 is 9.53 Å². The molecule has 0 aliphatic heterocycles. The van der Waals surface area contributed by atoms with E-state index in [1.54, 1.807) is 6.07 Å². The monoisotopic (exact) mass is 284 g/mol. The third kappa shape index (κ3) is 4.24. The number of anilines is 1. The molecule has 0 unspecified atom stereocenters. The average Bonchev–Trinajstić information content (AvgIpc) is 2.50. The molecule has 0 aromatic heterocycles. The Morgan fingerprint density at radius 1 is 1.14 bits per heavy atom. The van der Waals surface area contributed by atoms with Crippen molar-refractivity contribution in [3.63, 3.8) is 0 Å². The second-order valence-corrected chi connectivity index (χ2v) is 4.81. The molecule has 0 fully saturated rings. The fraction of sp³-hybridized carbons (Fsp3) is 0.235. The topological polar surface area (TPSA) is 64.3 Å². The maximum Gasteiger partial charge on any atom is 0.253 e. The third-order valence-corrected chi connectivity index (χ3v) is 3.19. The van der Waals surface area contributed by atoms with Crippen LogP contribution in [-0.2, 0) is 0 Å². The summed E-state index contributed by atoms with van der Waals surface area (Å²) >= 11 is 0. The Balaban J connectivity index is 1.73. The van der Waals surface area contributed by atoms with Crippen molar-refractivity contribution in [2.24, 2.45) is 0 Å². The first-order valence-electron chi connectivity index (χ1n) is 6.99. The predicted molar refractivity (Wildman–Crippen MR) is 84.5 cm³/mol. The minimum atomic E-state index is -0.143. The number of carbonyl (C=O) groups excluding carboxylic acids is 1. The van der Waals surface area contributed by atoms with Crippen LogP contribution in [0.2, 0.25) is 0 Å². The van der Waals surface area contributed by atoms with Crippen molar-refractivity contribution in [2.45, 2.75) is 13.3 Å². The number of nitrogens with one attached hydrogen (secondary N) is 1. The summed E-state index contributed by atoms with van der Waals surface area (Å²) < 4.78 is 5.56. The van der Waals surface area contributed by atoms with Crippen molar-refractivity contribution in [3.05, 3.63) is 59.7 Å². The lowest BCUT2D eigenvalue weighted by Gasteiger charge is -2.10. The molecule has 4 nitrogen and oxygen atoms in total. The van der Waals surface area contributed by atoms with Crippen LogP contribution >= 0.6 is 0 Å². The minimum absolute atomic E-state index is 0.143. The van der Waals surface area contributed by atoms with Gasteiger partial charge in [-0.05, 0) is 37.1 Å². The largest absolute Gasteiger partial charge is 0.494 e. The Hall–Kier alpha value is -2.49. The summed E-state index contributed by atoms with van der Waals surface area (Å²) in [6, 6.07) is 15.1. The molecule has 2 rings (SSSR count). The number of aryl methyl sites for hydroxylation is 1. The van der Waals surface area contributed by atoms with E-state index in [1.807, 2.05) is 49.4 Å². The molecule has 4 heteroatoms. The molecule has 0 saturated carbocycles. The normalized spacial score (nSPS) is 10.1. The number of carbonyl (C=O) groups is 1. The van der Waals surface area contributed by atoms with Crippen LogP contribution in [0.15, 0.2) is 48.5 Å². The van der Waals surface area contributed by atoms with Crippen LogP contribution in [0.1, 0.15) is 22.3 Å². The number of amides is 1. The summed E-state index contributed by atoms with van der Waals surface area (Å²) in [6.45, 7) is 3.01. The van der Waals surface area contributed by atoms with Gasteiger partial charge >= 0.3 is 0 Å². The van der Waals surface area contributed by atoms with Gasteiger partial charge in [-0.25, -0.2) is 0 Å². The summed E-state index contributed by atoms with van der Waals surface area (Å²) in [6.07, 6.45) is 0.742. The van der Waals surface area contributed by atoms with E-state index in [1.165, 1.54) is 0 Å². The fourth-order valence-electron chi connectivity index (χ4n) is 1.95. The smallest absolute Gasteiger partial charge is 0.253 e. The number of para-hydroxylation sites is 2.